The van der Waals surface area contributed by atoms with Gasteiger partial charge in [-0.15, -0.1) is 0 Å². The number of nitro groups is 1. The Morgan fingerprint density at radius 2 is 2.05 bits per heavy atom. The molecule has 3 N–H and O–H groups in total. The average molecular weight is 293 g/mol. The summed E-state index contributed by atoms with van der Waals surface area (Å²) in [5.41, 5.74) is 6.11. The third-order valence-electron chi connectivity index (χ3n) is 3.26. The molecule has 0 aliphatic rings. The van der Waals surface area contributed by atoms with Crippen molar-refractivity contribution in [2.24, 2.45) is 11.7 Å². The number of carbonyl (C=O) groups is 1. The van der Waals surface area contributed by atoms with E-state index in [9.17, 15) is 14.9 Å². The van der Waals surface area contributed by atoms with Crippen LogP contribution in [0, 0.1) is 23.0 Å². The van der Waals surface area contributed by atoms with Crippen molar-refractivity contribution in [2.45, 2.75) is 39.7 Å². The van der Waals surface area contributed by atoms with Crippen molar-refractivity contribution in [3.63, 3.8) is 0 Å². The van der Waals surface area contributed by atoms with Gasteiger partial charge in [-0.3, -0.25) is 14.9 Å². The van der Waals surface area contributed by atoms with Crippen molar-refractivity contribution < 1.29 is 9.72 Å². The van der Waals surface area contributed by atoms with Gasteiger partial charge in [0.25, 0.3) is 11.6 Å². The summed E-state index contributed by atoms with van der Waals surface area (Å²) in [6, 6.07) is 4.36. The molecule has 0 radical (unpaired) electrons. The lowest BCUT2D eigenvalue weighted by atomic mass is 9.90. The van der Waals surface area contributed by atoms with E-state index in [1.165, 1.54) is 12.1 Å². The minimum Gasteiger partial charge on any atom is -0.346 e. The van der Waals surface area contributed by atoms with Gasteiger partial charge in [0.1, 0.15) is 0 Å². The second kappa shape index (κ2) is 6.67. The number of benzene rings is 1. The van der Waals surface area contributed by atoms with E-state index >= 15 is 0 Å². The standard InChI is InChI=1S/C15H23N3O3/c1-10(2)8-15(4,9-16)17-14(19)12-5-11(3)6-13(7-12)18(20)21/h5-7,10H,8-9,16H2,1-4H3,(H,17,19). The molecule has 0 saturated carbocycles. The van der Waals surface area contributed by atoms with Crippen molar-refractivity contribution in [3.8, 4) is 0 Å². The van der Waals surface area contributed by atoms with E-state index in [1.807, 2.05) is 6.92 Å². The number of nitrogens with two attached hydrogens (primary N) is 1. The van der Waals surface area contributed by atoms with Crippen LogP contribution in [0.15, 0.2) is 18.2 Å². The SMILES string of the molecule is Cc1cc(C(=O)NC(C)(CN)CC(C)C)cc([N+](=O)[O-])c1. The van der Waals surface area contributed by atoms with Crippen LogP contribution in [0.25, 0.3) is 0 Å². The summed E-state index contributed by atoms with van der Waals surface area (Å²) in [4.78, 5) is 22.7. The molecule has 1 unspecified atom stereocenters. The van der Waals surface area contributed by atoms with Gasteiger partial charge in [-0.05, 0) is 37.8 Å². The molecule has 1 aromatic carbocycles. The average Bonchev–Trinajstić information content (AvgIpc) is 2.36. The topological polar surface area (TPSA) is 98.3 Å². The first kappa shape index (κ1) is 17.1. The fourth-order valence-corrected chi connectivity index (χ4v) is 2.43. The molecule has 0 aliphatic carbocycles. The van der Waals surface area contributed by atoms with E-state index in [2.05, 4.69) is 19.2 Å². The van der Waals surface area contributed by atoms with Gasteiger partial charge in [-0.25, -0.2) is 0 Å². The third kappa shape index (κ3) is 4.82. The lowest BCUT2D eigenvalue weighted by molar-refractivity contribution is -0.384. The largest absolute Gasteiger partial charge is 0.346 e. The van der Waals surface area contributed by atoms with Gasteiger partial charge in [0.2, 0.25) is 0 Å². The Morgan fingerprint density at radius 3 is 2.52 bits per heavy atom. The number of nitro benzene ring substituents is 1. The monoisotopic (exact) mass is 293 g/mol. The summed E-state index contributed by atoms with van der Waals surface area (Å²) in [5.74, 6) is 0.0427. The number of rotatable bonds is 6. The van der Waals surface area contributed by atoms with Gasteiger partial charge >= 0.3 is 0 Å². The Bertz CT molecular complexity index is 543. The predicted molar refractivity (Wildman–Crippen MR) is 82.2 cm³/mol. The molecule has 0 aromatic heterocycles. The van der Waals surface area contributed by atoms with Gasteiger partial charge in [-0.2, -0.15) is 0 Å². The van der Waals surface area contributed by atoms with Crippen LogP contribution in [-0.4, -0.2) is 22.9 Å². The van der Waals surface area contributed by atoms with E-state index in [-0.39, 0.29) is 17.2 Å². The normalized spacial score (nSPS) is 13.8. The van der Waals surface area contributed by atoms with Gasteiger partial charge in [-0.1, -0.05) is 13.8 Å². The van der Waals surface area contributed by atoms with Crippen molar-refractivity contribution in [2.75, 3.05) is 6.54 Å². The maximum Gasteiger partial charge on any atom is 0.270 e. The molecule has 0 heterocycles. The Kier molecular flexibility index (Phi) is 5.43. The summed E-state index contributed by atoms with van der Waals surface area (Å²) < 4.78 is 0. The first-order valence-electron chi connectivity index (χ1n) is 6.95. The van der Waals surface area contributed by atoms with Crippen LogP contribution in [0.5, 0.6) is 0 Å². The summed E-state index contributed by atoms with van der Waals surface area (Å²) in [7, 11) is 0. The second-order valence-corrected chi connectivity index (χ2v) is 6.13. The fraction of sp³-hybridized carbons (Fsp3) is 0.533. The third-order valence-corrected chi connectivity index (χ3v) is 3.26. The zero-order valence-electron chi connectivity index (χ0n) is 13.0. The van der Waals surface area contributed by atoms with E-state index in [4.69, 9.17) is 5.73 Å². The van der Waals surface area contributed by atoms with E-state index in [1.54, 1.807) is 13.0 Å². The minimum absolute atomic E-state index is 0.0848. The molecule has 1 atom stereocenters. The van der Waals surface area contributed by atoms with Gasteiger partial charge in [0.05, 0.1) is 4.92 Å². The van der Waals surface area contributed by atoms with Crippen LogP contribution in [0.3, 0.4) is 0 Å². The maximum atomic E-state index is 12.3. The first-order valence-corrected chi connectivity index (χ1v) is 6.95. The van der Waals surface area contributed by atoms with Crippen molar-refractivity contribution in [1.82, 2.24) is 5.32 Å². The molecule has 0 saturated heterocycles. The van der Waals surface area contributed by atoms with Crippen LogP contribution < -0.4 is 11.1 Å². The summed E-state index contributed by atoms with van der Waals surface area (Å²) >= 11 is 0. The van der Waals surface area contributed by atoms with Crippen molar-refractivity contribution in [3.05, 3.63) is 39.4 Å². The molecular weight excluding hydrogens is 270 g/mol. The number of nitrogens with one attached hydrogen (secondary N) is 1. The van der Waals surface area contributed by atoms with Crippen LogP contribution in [0.4, 0.5) is 5.69 Å². The van der Waals surface area contributed by atoms with E-state index in [0.717, 1.165) is 6.42 Å². The summed E-state index contributed by atoms with van der Waals surface area (Å²) in [6.45, 7) is 8.02. The highest BCUT2D eigenvalue weighted by atomic mass is 16.6. The van der Waals surface area contributed by atoms with Gasteiger partial charge in [0, 0.05) is 29.8 Å². The summed E-state index contributed by atoms with van der Waals surface area (Å²) in [5, 5.41) is 13.8. The Labute approximate surface area is 124 Å². The number of non-ortho nitro benzene ring substituents is 1. The quantitative estimate of drug-likeness (QED) is 0.621. The molecule has 1 aromatic rings. The molecule has 0 spiro atoms. The lowest BCUT2D eigenvalue weighted by Gasteiger charge is -2.31. The number of hydrogen-bond donors (Lipinski definition) is 2. The van der Waals surface area contributed by atoms with Crippen molar-refractivity contribution in [1.29, 1.82) is 0 Å². The maximum absolute atomic E-state index is 12.3. The molecule has 0 aliphatic heterocycles. The van der Waals surface area contributed by atoms with Gasteiger partial charge < -0.3 is 11.1 Å². The first-order chi connectivity index (χ1) is 9.66. The highest BCUT2D eigenvalue weighted by Gasteiger charge is 2.27. The van der Waals surface area contributed by atoms with Crippen molar-refractivity contribution >= 4 is 11.6 Å². The number of aryl methyl sites for hydroxylation is 1. The number of nitrogens with zero attached hydrogens (tertiary/aromatic N) is 1. The molecule has 6 heteroatoms. The van der Waals surface area contributed by atoms with Crippen LogP contribution in [0.1, 0.15) is 43.1 Å². The molecule has 0 fully saturated rings. The zero-order chi connectivity index (χ0) is 16.2. The predicted octanol–water partition coefficient (Wildman–Crippen LogP) is 2.40. The molecule has 1 amide bonds. The minimum atomic E-state index is -0.524. The number of hydrogen-bond acceptors (Lipinski definition) is 4. The fourth-order valence-electron chi connectivity index (χ4n) is 2.43. The van der Waals surface area contributed by atoms with E-state index in [0.29, 0.717) is 18.0 Å². The molecule has 0 bridgehead atoms. The molecule has 21 heavy (non-hydrogen) atoms. The Balaban J connectivity index is 3.00. The number of carbonyl (C=O) groups excluding carboxylic acids is 1. The smallest absolute Gasteiger partial charge is 0.270 e. The number of amides is 1. The lowest BCUT2D eigenvalue weighted by Crippen LogP contribution is -2.52. The summed E-state index contributed by atoms with van der Waals surface area (Å²) in [6.07, 6.45) is 0.739. The molecule has 116 valence electrons. The molecule has 6 nitrogen and oxygen atoms in total. The van der Waals surface area contributed by atoms with E-state index < -0.39 is 10.5 Å². The van der Waals surface area contributed by atoms with Gasteiger partial charge in [0.15, 0.2) is 0 Å². The zero-order valence-corrected chi connectivity index (χ0v) is 13.0. The highest BCUT2D eigenvalue weighted by molar-refractivity contribution is 5.95. The van der Waals surface area contributed by atoms with Crippen LogP contribution in [0.2, 0.25) is 0 Å². The molecule has 1 rings (SSSR count). The molecular formula is C15H23N3O3. The Hall–Kier alpha value is -1.95. The van der Waals surface area contributed by atoms with Crippen LogP contribution in [-0.2, 0) is 0 Å². The second-order valence-electron chi connectivity index (χ2n) is 6.13. The highest BCUT2D eigenvalue weighted by Crippen LogP contribution is 2.19. The van der Waals surface area contributed by atoms with Crippen LogP contribution >= 0.6 is 0 Å². The Morgan fingerprint density at radius 1 is 1.43 bits per heavy atom.